The predicted molar refractivity (Wildman–Crippen MR) is 110 cm³/mol. The maximum Gasteiger partial charge on any atom is 0.326 e. The molecule has 1 atom stereocenters. The Morgan fingerprint density at radius 3 is 2.67 bits per heavy atom. The molecular weight excluding hydrogens is 385 g/mol. The van der Waals surface area contributed by atoms with Crippen molar-refractivity contribution in [1.29, 1.82) is 0 Å². The van der Waals surface area contributed by atoms with Crippen LogP contribution in [0.15, 0.2) is 48.5 Å². The number of hydrogen-bond donors (Lipinski definition) is 0. The zero-order chi connectivity index (χ0) is 21.3. The average molecular weight is 409 g/mol. The van der Waals surface area contributed by atoms with Crippen LogP contribution >= 0.6 is 0 Å². The Labute approximate surface area is 174 Å². The van der Waals surface area contributed by atoms with Crippen LogP contribution in [0.2, 0.25) is 0 Å². The summed E-state index contributed by atoms with van der Waals surface area (Å²) >= 11 is 0. The van der Waals surface area contributed by atoms with Gasteiger partial charge in [0.2, 0.25) is 5.91 Å². The van der Waals surface area contributed by atoms with Crippen LogP contribution in [0.4, 0.5) is 4.39 Å². The number of nitrogens with zero attached hydrogens (tertiary/aromatic N) is 3. The lowest BCUT2D eigenvalue weighted by Gasteiger charge is -2.17. The van der Waals surface area contributed by atoms with Gasteiger partial charge in [-0.3, -0.25) is 9.59 Å². The van der Waals surface area contributed by atoms with Crippen molar-refractivity contribution >= 4 is 22.9 Å². The van der Waals surface area contributed by atoms with E-state index in [2.05, 4.69) is 0 Å². The van der Waals surface area contributed by atoms with E-state index in [1.54, 1.807) is 17.0 Å². The molecule has 3 aromatic rings. The molecule has 0 radical (unpaired) electrons. The smallest absolute Gasteiger partial charge is 0.326 e. The normalized spacial score (nSPS) is 16.6. The second-order valence-electron chi connectivity index (χ2n) is 7.89. The number of halogens is 1. The Morgan fingerprint density at radius 1 is 1.20 bits per heavy atom. The fourth-order valence-electron chi connectivity index (χ4n) is 3.91. The van der Waals surface area contributed by atoms with Gasteiger partial charge in [0.25, 0.3) is 0 Å². The number of aromatic nitrogens is 2. The van der Waals surface area contributed by atoms with E-state index in [1.165, 1.54) is 12.1 Å². The first-order chi connectivity index (χ1) is 14.4. The molecule has 0 unspecified atom stereocenters. The van der Waals surface area contributed by atoms with E-state index in [0.717, 1.165) is 16.6 Å². The molecule has 1 aromatic heterocycles. The van der Waals surface area contributed by atoms with Gasteiger partial charge in [-0.15, -0.1) is 0 Å². The molecule has 156 valence electrons. The number of esters is 1. The molecule has 0 aliphatic carbocycles. The number of hydrogen-bond acceptors (Lipinski definition) is 4. The number of amides is 1. The molecule has 0 N–H and O–H groups in total. The van der Waals surface area contributed by atoms with Crippen LogP contribution < -0.4 is 0 Å². The molecule has 30 heavy (non-hydrogen) atoms. The molecule has 1 aliphatic rings. The Kier molecular flexibility index (Phi) is 5.53. The third-order valence-electron chi connectivity index (χ3n) is 5.20. The molecule has 6 nitrogen and oxygen atoms in total. The SMILES string of the molecule is CC(C)OC(=O)Cn1c([C@H]2CC(=O)N(Cc3ccc(F)cc3)C2)nc2ccccc21. The number of para-hydroxylation sites is 2. The van der Waals surface area contributed by atoms with Crippen LogP contribution in [0.1, 0.15) is 37.6 Å². The van der Waals surface area contributed by atoms with Crippen molar-refractivity contribution < 1.29 is 18.7 Å². The van der Waals surface area contributed by atoms with Gasteiger partial charge in [0.05, 0.1) is 17.1 Å². The van der Waals surface area contributed by atoms with Gasteiger partial charge in [0.15, 0.2) is 0 Å². The molecule has 0 spiro atoms. The Bertz CT molecular complexity index is 1070. The molecular formula is C23H24FN3O3. The second kappa shape index (κ2) is 8.26. The number of ether oxygens (including phenoxy) is 1. The topological polar surface area (TPSA) is 64.4 Å². The second-order valence-corrected chi connectivity index (χ2v) is 7.89. The molecule has 2 aromatic carbocycles. The zero-order valence-electron chi connectivity index (χ0n) is 17.0. The van der Waals surface area contributed by atoms with Crippen molar-refractivity contribution in [3.8, 4) is 0 Å². The van der Waals surface area contributed by atoms with Crippen LogP contribution in [0.3, 0.4) is 0 Å². The summed E-state index contributed by atoms with van der Waals surface area (Å²) in [4.78, 5) is 31.5. The quantitative estimate of drug-likeness (QED) is 0.583. The van der Waals surface area contributed by atoms with Crippen LogP contribution in [0, 0.1) is 5.82 Å². The summed E-state index contributed by atoms with van der Waals surface area (Å²) in [5.41, 5.74) is 2.51. The predicted octanol–water partition coefficient (Wildman–Crippen LogP) is 3.64. The van der Waals surface area contributed by atoms with Gasteiger partial charge in [-0.25, -0.2) is 9.37 Å². The summed E-state index contributed by atoms with van der Waals surface area (Å²) in [6, 6.07) is 13.8. The van der Waals surface area contributed by atoms with E-state index < -0.39 is 0 Å². The number of fused-ring (bicyclic) bond motifs is 1. The van der Waals surface area contributed by atoms with E-state index in [1.807, 2.05) is 42.7 Å². The first-order valence-corrected chi connectivity index (χ1v) is 10.1. The molecule has 0 saturated carbocycles. The highest BCUT2D eigenvalue weighted by molar-refractivity contribution is 5.82. The Morgan fingerprint density at radius 2 is 1.93 bits per heavy atom. The van der Waals surface area contributed by atoms with E-state index in [0.29, 0.717) is 25.3 Å². The molecule has 1 saturated heterocycles. The first-order valence-electron chi connectivity index (χ1n) is 10.1. The molecule has 0 bridgehead atoms. The highest BCUT2D eigenvalue weighted by atomic mass is 19.1. The van der Waals surface area contributed by atoms with E-state index in [4.69, 9.17) is 9.72 Å². The van der Waals surface area contributed by atoms with E-state index in [9.17, 15) is 14.0 Å². The Hall–Kier alpha value is -3.22. The maximum absolute atomic E-state index is 13.2. The van der Waals surface area contributed by atoms with Gasteiger partial charge in [0, 0.05) is 25.4 Å². The minimum absolute atomic E-state index is 0.0210. The molecule has 7 heteroatoms. The van der Waals surface area contributed by atoms with Crippen molar-refractivity contribution in [2.45, 2.75) is 45.4 Å². The maximum atomic E-state index is 13.2. The number of imidazole rings is 1. The first kappa shape index (κ1) is 20.1. The fourth-order valence-corrected chi connectivity index (χ4v) is 3.91. The highest BCUT2D eigenvalue weighted by Gasteiger charge is 2.34. The summed E-state index contributed by atoms with van der Waals surface area (Å²) in [6.45, 7) is 4.60. The van der Waals surface area contributed by atoms with Crippen LogP contribution in [0.25, 0.3) is 11.0 Å². The third kappa shape index (κ3) is 4.20. The van der Waals surface area contributed by atoms with Gasteiger partial charge in [0.1, 0.15) is 18.2 Å². The van der Waals surface area contributed by atoms with Crippen molar-refractivity contribution in [2.75, 3.05) is 6.54 Å². The Balaban J connectivity index is 1.59. The lowest BCUT2D eigenvalue weighted by molar-refractivity contribution is -0.148. The monoisotopic (exact) mass is 409 g/mol. The average Bonchev–Trinajstić information content (AvgIpc) is 3.24. The number of benzene rings is 2. The fraction of sp³-hybridized carbons (Fsp3) is 0.348. The van der Waals surface area contributed by atoms with Gasteiger partial charge in [-0.05, 0) is 43.7 Å². The van der Waals surface area contributed by atoms with E-state index in [-0.39, 0.29) is 36.3 Å². The van der Waals surface area contributed by atoms with Gasteiger partial charge < -0.3 is 14.2 Å². The molecule has 4 rings (SSSR count). The minimum atomic E-state index is -0.332. The van der Waals surface area contributed by atoms with Crippen molar-refractivity contribution in [1.82, 2.24) is 14.5 Å². The summed E-state index contributed by atoms with van der Waals surface area (Å²) in [5, 5.41) is 0. The summed E-state index contributed by atoms with van der Waals surface area (Å²) in [5.74, 6) is -0.0231. The molecule has 2 heterocycles. The number of carbonyl (C=O) groups excluding carboxylic acids is 2. The van der Waals surface area contributed by atoms with E-state index >= 15 is 0 Å². The summed E-state index contributed by atoms with van der Waals surface area (Å²) < 4.78 is 20.3. The molecule has 1 aliphatic heterocycles. The third-order valence-corrected chi connectivity index (χ3v) is 5.20. The highest BCUT2D eigenvalue weighted by Crippen LogP contribution is 2.31. The van der Waals surface area contributed by atoms with Gasteiger partial charge >= 0.3 is 5.97 Å². The summed E-state index contributed by atoms with van der Waals surface area (Å²) in [7, 11) is 0. The number of likely N-dealkylation sites (tertiary alicyclic amines) is 1. The van der Waals surface area contributed by atoms with Crippen molar-refractivity contribution in [3.05, 3.63) is 65.7 Å². The van der Waals surface area contributed by atoms with Crippen molar-refractivity contribution in [2.24, 2.45) is 0 Å². The van der Waals surface area contributed by atoms with Crippen LogP contribution in [0.5, 0.6) is 0 Å². The number of carbonyl (C=O) groups is 2. The largest absolute Gasteiger partial charge is 0.462 e. The molecule has 1 amide bonds. The lowest BCUT2D eigenvalue weighted by atomic mass is 10.1. The van der Waals surface area contributed by atoms with Crippen molar-refractivity contribution in [3.63, 3.8) is 0 Å². The molecule has 1 fully saturated rings. The van der Waals surface area contributed by atoms with Gasteiger partial charge in [-0.1, -0.05) is 24.3 Å². The standard InChI is InChI=1S/C23H24FN3O3/c1-15(2)30-22(29)14-27-20-6-4-3-5-19(20)25-23(27)17-11-21(28)26(13-17)12-16-7-9-18(24)10-8-16/h3-10,15,17H,11-14H2,1-2H3/t17-/m0/s1. The number of rotatable bonds is 6. The van der Waals surface area contributed by atoms with Crippen LogP contribution in [-0.2, 0) is 27.4 Å². The summed E-state index contributed by atoms with van der Waals surface area (Å²) in [6.07, 6.45) is 0.124. The van der Waals surface area contributed by atoms with Crippen LogP contribution in [-0.4, -0.2) is 39.0 Å². The lowest BCUT2D eigenvalue weighted by Crippen LogP contribution is -2.25. The zero-order valence-corrected chi connectivity index (χ0v) is 17.0. The minimum Gasteiger partial charge on any atom is -0.462 e. The van der Waals surface area contributed by atoms with Gasteiger partial charge in [-0.2, -0.15) is 0 Å².